The Labute approximate surface area is 134 Å². The second-order valence-electron chi connectivity index (χ2n) is 5.94. The van der Waals surface area contributed by atoms with Gasteiger partial charge < -0.3 is 4.98 Å². The zero-order valence-electron chi connectivity index (χ0n) is 12.8. The summed E-state index contributed by atoms with van der Waals surface area (Å²) in [6, 6.07) is 10.7. The number of hydrogen-bond acceptors (Lipinski definition) is 3. The van der Waals surface area contributed by atoms with Crippen LogP contribution in [0.25, 0.3) is 11.0 Å². The molecule has 2 aromatic carbocycles. The molecule has 4 rings (SSSR count). The van der Waals surface area contributed by atoms with Crippen LogP contribution in [0.5, 0.6) is 0 Å². The minimum Gasteiger partial charge on any atom is -0.342 e. The molecule has 0 fully saturated rings. The molecular formula is C17H17N3O2S. The zero-order valence-corrected chi connectivity index (χ0v) is 13.6. The predicted octanol–water partition coefficient (Wildman–Crippen LogP) is 3.16. The zero-order chi connectivity index (χ0) is 16.0. The van der Waals surface area contributed by atoms with Gasteiger partial charge in [0.25, 0.3) is 10.0 Å². The van der Waals surface area contributed by atoms with Gasteiger partial charge in [0.2, 0.25) is 0 Å². The second kappa shape index (κ2) is 5.09. The van der Waals surface area contributed by atoms with Crippen LogP contribution in [0.2, 0.25) is 0 Å². The van der Waals surface area contributed by atoms with Crippen LogP contribution >= 0.6 is 0 Å². The highest BCUT2D eigenvalue weighted by atomic mass is 32.2. The van der Waals surface area contributed by atoms with Crippen LogP contribution in [-0.4, -0.2) is 18.4 Å². The maximum absolute atomic E-state index is 12.6. The Bertz CT molecular complexity index is 1010. The fourth-order valence-corrected chi connectivity index (χ4v) is 4.23. The van der Waals surface area contributed by atoms with E-state index in [0.29, 0.717) is 10.6 Å². The van der Waals surface area contributed by atoms with Gasteiger partial charge in [0, 0.05) is 0 Å². The first-order valence-electron chi connectivity index (χ1n) is 7.62. The average Bonchev–Trinajstić information content (AvgIpc) is 3.10. The Morgan fingerprint density at radius 2 is 1.91 bits per heavy atom. The summed E-state index contributed by atoms with van der Waals surface area (Å²) in [7, 11) is -3.58. The Balaban J connectivity index is 1.67. The van der Waals surface area contributed by atoms with E-state index in [1.54, 1.807) is 30.3 Å². The van der Waals surface area contributed by atoms with Crippen LogP contribution in [0.15, 0.2) is 41.3 Å². The van der Waals surface area contributed by atoms with Gasteiger partial charge in [0.1, 0.15) is 5.82 Å². The van der Waals surface area contributed by atoms with E-state index in [-0.39, 0.29) is 0 Å². The minimum absolute atomic E-state index is 0.319. The maximum Gasteiger partial charge on any atom is 0.261 e. The summed E-state index contributed by atoms with van der Waals surface area (Å²) in [6.45, 7) is 1.87. The quantitative estimate of drug-likeness (QED) is 0.776. The largest absolute Gasteiger partial charge is 0.342 e. The molecule has 0 aliphatic heterocycles. The van der Waals surface area contributed by atoms with Gasteiger partial charge in [0.15, 0.2) is 0 Å². The van der Waals surface area contributed by atoms with Crippen molar-refractivity contribution >= 4 is 26.7 Å². The molecule has 5 nitrogen and oxygen atoms in total. The van der Waals surface area contributed by atoms with Crippen molar-refractivity contribution in [2.75, 3.05) is 4.72 Å². The van der Waals surface area contributed by atoms with Crippen LogP contribution in [0, 0.1) is 6.92 Å². The van der Waals surface area contributed by atoms with E-state index in [2.05, 4.69) is 14.7 Å². The highest BCUT2D eigenvalue weighted by Gasteiger charge is 2.18. The lowest BCUT2D eigenvalue weighted by molar-refractivity contribution is 0.601. The van der Waals surface area contributed by atoms with Gasteiger partial charge in [-0.3, -0.25) is 4.72 Å². The summed E-state index contributed by atoms with van der Waals surface area (Å²) in [5, 5.41) is 0. The van der Waals surface area contributed by atoms with Crippen molar-refractivity contribution < 1.29 is 8.42 Å². The molecule has 0 saturated carbocycles. The van der Waals surface area contributed by atoms with Gasteiger partial charge in [0.05, 0.1) is 21.6 Å². The highest BCUT2D eigenvalue weighted by Crippen LogP contribution is 2.26. The van der Waals surface area contributed by atoms with E-state index in [1.165, 1.54) is 5.56 Å². The average molecular weight is 327 g/mol. The number of hydrogen-bond donors (Lipinski definition) is 2. The summed E-state index contributed by atoms with van der Waals surface area (Å²) < 4.78 is 27.9. The number of aromatic amines is 1. The number of nitrogens with one attached hydrogen (secondary N) is 2. The topological polar surface area (TPSA) is 74.8 Å². The number of anilines is 1. The first kappa shape index (κ1) is 14.3. The van der Waals surface area contributed by atoms with Crippen molar-refractivity contribution in [3.8, 4) is 0 Å². The molecule has 0 amide bonds. The predicted molar refractivity (Wildman–Crippen MR) is 90.1 cm³/mol. The van der Waals surface area contributed by atoms with Crippen LogP contribution in [0.4, 0.5) is 5.69 Å². The first-order valence-corrected chi connectivity index (χ1v) is 9.11. The standard InChI is InChI=1S/C17H17N3O2S/c1-11-18-16-8-6-14(10-17(16)19-11)20-23(21,22)15-7-5-12-3-2-4-13(12)9-15/h5-10,20H,2-4H2,1H3,(H,18,19). The number of H-pyrrole nitrogens is 1. The normalized spacial score (nSPS) is 14.1. The van der Waals surface area contributed by atoms with Crippen LogP contribution in [-0.2, 0) is 22.9 Å². The number of sulfonamides is 1. The molecule has 0 unspecified atom stereocenters. The maximum atomic E-state index is 12.6. The van der Waals surface area contributed by atoms with Crippen LogP contribution in [0.3, 0.4) is 0 Å². The minimum atomic E-state index is -3.58. The lowest BCUT2D eigenvalue weighted by atomic mass is 10.1. The van der Waals surface area contributed by atoms with E-state index in [4.69, 9.17) is 0 Å². The summed E-state index contributed by atoms with van der Waals surface area (Å²) >= 11 is 0. The van der Waals surface area contributed by atoms with E-state index < -0.39 is 10.0 Å². The van der Waals surface area contributed by atoms with Gasteiger partial charge >= 0.3 is 0 Å². The smallest absolute Gasteiger partial charge is 0.261 e. The number of aryl methyl sites for hydroxylation is 3. The fraction of sp³-hybridized carbons (Fsp3) is 0.235. The molecule has 2 N–H and O–H groups in total. The third-order valence-electron chi connectivity index (χ3n) is 4.23. The number of benzene rings is 2. The van der Waals surface area contributed by atoms with E-state index in [1.807, 2.05) is 13.0 Å². The molecule has 1 aliphatic rings. The van der Waals surface area contributed by atoms with Crippen LogP contribution < -0.4 is 4.72 Å². The molecule has 6 heteroatoms. The number of rotatable bonds is 3. The van der Waals surface area contributed by atoms with Gasteiger partial charge in [-0.05, 0) is 67.6 Å². The molecular weight excluding hydrogens is 310 g/mol. The summed E-state index contributed by atoms with van der Waals surface area (Å²) in [5.74, 6) is 0.804. The lowest BCUT2D eigenvalue weighted by Gasteiger charge is -2.09. The molecule has 23 heavy (non-hydrogen) atoms. The van der Waals surface area contributed by atoms with Crippen molar-refractivity contribution in [2.24, 2.45) is 0 Å². The molecule has 0 bridgehead atoms. The molecule has 0 spiro atoms. The van der Waals surface area contributed by atoms with E-state index in [0.717, 1.165) is 41.7 Å². The highest BCUT2D eigenvalue weighted by molar-refractivity contribution is 7.92. The molecule has 1 aromatic heterocycles. The number of aromatic nitrogens is 2. The molecule has 0 radical (unpaired) electrons. The van der Waals surface area contributed by atoms with Gasteiger partial charge in [-0.1, -0.05) is 6.07 Å². The second-order valence-corrected chi connectivity index (χ2v) is 7.63. The molecule has 1 aliphatic carbocycles. The lowest BCUT2D eigenvalue weighted by Crippen LogP contribution is -2.13. The number of imidazole rings is 1. The van der Waals surface area contributed by atoms with E-state index in [9.17, 15) is 8.42 Å². The molecule has 0 saturated heterocycles. The van der Waals surface area contributed by atoms with E-state index >= 15 is 0 Å². The summed E-state index contributed by atoms with van der Waals surface area (Å²) in [4.78, 5) is 7.75. The third-order valence-corrected chi connectivity index (χ3v) is 5.61. The van der Waals surface area contributed by atoms with Crippen LogP contribution in [0.1, 0.15) is 23.4 Å². The summed E-state index contributed by atoms with van der Waals surface area (Å²) in [5.41, 5.74) is 4.58. The van der Waals surface area contributed by atoms with Crippen molar-refractivity contribution in [3.05, 3.63) is 53.3 Å². The van der Waals surface area contributed by atoms with Gasteiger partial charge in [-0.15, -0.1) is 0 Å². The Morgan fingerprint density at radius 1 is 1.09 bits per heavy atom. The monoisotopic (exact) mass is 327 g/mol. The van der Waals surface area contributed by atoms with Crippen molar-refractivity contribution in [3.63, 3.8) is 0 Å². The molecule has 0 atom stereocenters. The molecule has 118 valence electrons. The Morgan fingerprint density at radius 3 is 2.78 bits per heavy atom. The Hall–Kier alpha value is -2.34. The van der Waals surface area contributed by atoms with Crippen molar-refractivity contribution in [1.29, 1.82) is 0 Å². The van der Waals surface area contributed by atoms with Crippen molar-refractivity contribution in [2.45, 2.75) is 31.1 Å². The van der Waals surface area contributed by atoms with Crippen molar-refractivity contribution in [1.82, 2.24) is 9.97 Å². The number of fused-ring (bicyclic) bond motifs is 2. The fourth-order valence-electron chi connectivity index (χ4n) is 3.13. The molecule has 3 aromatic rings. The summed E-state index contributed by atoms with van der Waals surface area (Å²) in [6.07, 6.45) is 3.10. The Kier molecular flexibility index (Phi) is 3.16. The molecule has 1 heterocycles. The number of nitrogens with zero attached hydrogens (tertiary/aromatic N) is 1. The third kappa shape index (κ3) is 2.59. The SMILES string of the molecule is Cc1nc2ccc(NS(=O)(=O)c3ccc4c(c3)CCC4)cc2[nH]1. The van der Waals surface area contributed by atoms with Gasteiger partial charge in [-0.2, -0.15) is 0 Å². The first-order chi connectivity index (χ1) is 11.0. The van der Waals surface area contributed by atoms with Gasteiger partial charge in [-0.25, -0.2) is 13.4 Å².